The summed E-state index contributed by atoms with van der Waals surface area (Å²) in [6.45, 7) is 7.49. The standard InChI is InChI=1S/C29H40N2O2/c1-23-10-12-25(13-11-23)29(18-5-3-6-19-29)28(32)30-26-14-16-27(17-15-26)33-22-8-21-31-20-7-4-9-24(31)2/h10-17,24H,3-9,18-22H2,1-2H3,(H,30,32)/t24-/m0/s1. The number of nitrogens with zero attached hydrogens (tertiary/aromatic N) is 1. The van der Waals surface area contributed by atoms with E-state index in [9.17, 15) is 4.79 Å². The summed E-state index contributed by atoms with van der Waals surface area (Å²) in [7, 11) is 0. The third kappa shape index (κ3) is 5.97. The van der Waals surface area contributed by atoms with Gasteiger partial charge in [-0.15, -0.1) is 0 Å². The van der Waals surface area contributed by atoms with Gasteiger partial charge in [0.15, 0.2) is 0 Å². The maximum absolute atomic E-state index is 13.5. The SMILES string of the molecule is Cc1ccc(C2(C(=O)Nc3ccc(OCCCN4CCCC[C@@H]4C)cc3)CCCCC2)cc1. The second kappa shape index (κ2) is 11.2. The fourth-order valence-corrected chi connectivity index (χ4v) is 5.51. The van der Waals surface area contributed by atoms with Crippen molar-refractivity contribution in [2.24, 2.45) is 0 Å². The van der Waals surface area contributed by atoms with E-state index in [4.69, 9.17) is 4.74 Å². The molecular formula is C29H40N2O2. The Morgan fingerprint density at radius 2 is 1.73 bits per heavy atom. The van der Waals surface area contributed by atoms with Gasteiger partial charge < -0.3 is 15.0 Å². The predicted octanol–water partition coefficient (Wildman–Crippen LogP) is 6.48. The molecule has 2 fully saturated rings. The Bertz CT molecular complexity index is 885. The van der Waals surface area contributed by atoms with Crippen LogP contribution in [0.3, 0.4) is 0 Å². The Labute approximate surface area is 199 Å². The van der Waals surface area contributed by atoms with Crippen molar-refractivity contribution in [1.29, 1.82) is 0 Å². The van der Waals surface area contributed by atoms with E-state index in [1.165, 1.54) is 37.8 Å². The topological polar surface area (TPSA) is 41.6 Å². The van der Waals surface area contributed by atoms with E-state index in [1.54, 1.807) is 0 Å². The number of hydrogen-bond acceptors (Lipinski definition) is 3. The number of ether oxygens (including phenoxy) is 1. The molecule has 1 atom stereocenters. The van der Waals surface area contributed by atoms with Gasteiger partial charge in [0.05, 0.1) is 12.0 Å². The lowest BCUT2D eigenvalue weighted by atomic mass is 9.68. The molecule has 178 valence electrons. The zero-order valence-corrected chi connectivity index (χ0v) is 20.4. The number of carbonyl (C=O) groups excluding carboxylic acids is 1. The van der Waals surface area contributed by atoms with Gasteiger partial charge >= 0.3 is 0 Å². The van der Waals surface area contributed by atoms with E-state index in [2.05, 4.69) is 48.3 Å². The number of hydrogen-bond donors (Lipinski definition) is 1. The number of anilines is 1. The lowest BCUT2D eigenvalue weighted by Gasteiger charge is -2.36. The third-order valence-electron chi connectivity index (χ3n) is 7.66. The zero-order valence-electron chi connectivity index (χ0n) is 20.4. The van der Waals surface area contributed by atoms with Crippen LogP contribution in [0.2, 0.25) is 0 Å². The van der Waals surface area contributed by atoms with Crippen LogP contribution in [0.1, 0.15) is 75.8 Å². The summed E-state index contributed by atoms with van der Waals surface area (Å²) >= 11 is 0. The highest BCUT2D eigenvalue weighted by Gasteiger charge is 2.41. The van der Waals surface area contributed by atoms with Crippen LogP contribution < -0.4 is 10.1 Å². The minimum absolute atomic E-state index is 0.121. The van der Waals surface area contributed by atoms with Crippen molar-refractivity contribution in [2.75, 3.05) is 25.0 Å². The van der Waals surface area contributed by atoms with Crippen molar-refractivity contribution in [3.63, 3.8) is 0 Å². The number of nitrogens with one attached hydrogen (secondary N) is 1. The first-order valence-electron chi connectivity index (χ1n) is 12.9. The maximum Gasteiger partial charge on any atom is 0.235 e. The summed E-state index contributed by atoms with van der Waals surface area (Å²) in [5.74, 6) is 0.987. The van der Waals surface area contributed by atoms with E-state index < -0.39 is 5.41 Å². The van der Waals surface area contributed by atoms with Crippen LogP contribution >= 0.6 is 0 Å². The van der Waals surface area contributed by atoms with E-state index in [0.29, 0.717) is 6.04 Å². The molecule has 0 bridgehead atoms. The van der Waals surface area contributed by atoms with Crippen LogP contribution in [0.4, 0.5) is 5.69 Å². The van der Waals surface area contributed by atoms with Crippen molar-refractivity contribution < 1.29 is 9.53 Å². The normalized spacial score (nSPS) is 20.8. The molecule has 4 rings (SSSR count). The van der Waals surface area contributed by atoms with Crippen LogP contribution in [0, 0.1) is 6.92 Å². The summed E-state index contributed by atoms with van der Waals surface area (Å²) in [6, 6.07) is 17.1. The van der Waals surface area contributed by atoms with Crippen LogP contribution in [-0.4, -0.2) is 36.5 Å². The van der Waals surface area contributed by atoms with Crippen molar-refractivity contribution in [1.82, 2.24) is 4.90 Å². The summed E-state index contributed by atoms with van der Waals surface area (Å²) in [6.07, 6.45) is 10.3. The molecule has 0 unspecified atom stereocenters. The number of piperidine rings is 1. The number of benzene rings is 2. The molecule has 1 heterocycles. The molecule has 2 aromatic carbocycles. The molecule has 1 amide bonds. The fourth-order valence-electron chi connectivity index (χ4n) is 5.51. The highest BCUT2D eigenvalue weighted by atomic mass is 16.5. The molecule has 4 heteroatoms. The highest BCUT2D eigenvalue weighted by molar-refractivity contribution is 5.99. The first-order valence-corrected chi connectivity index (χ1v) is 12.9. The van der Waals surface area contributed by atoms with Gasteiger partial charge in [-0.3, -0.25) is 4.79 Å². The monoisotopic (exact) mass is 448 g/mol. The fraction of sp³-hybridized carbons (Fsp3) is 0.552. The Balaban J connectivity index is 1.31. The van der Waals surface area contributed by atoms with Gasteiger partial charge in [0.2, 0.25) is 5.91 Å². The molecule has 1 saturated heterocycles. The first-order chi connectivity index (χ1) is 16.1. The number of likely N-dealkylation sites (tertiary alicyclic amines) is 1. The molecule has 1 aliphatic heterocycles. The summed E-state index contributed by atoms with van der Waals surface area (Å²) in [4.78, 5) is 16.1. The lowest BCUT2D eigenvalue weighted by Crippen LogP contribution is -2.42. The first kappa shape index (κ1) is 23.8. The number of carbonyl (C=O) groups is 1. The molecule has 33 heavy (non-hydrogen) atoms. The smallest absolute Gasteiger partial charge is 0.235 e. The number of amides is 1. The molecule has 0 spiro atoms. The molecule has 2 aliphatic rings. The lowest BCUT2D eigenvalue weighted by molar-refractivity contribution is -0.122. The van der Waals surface area contributed by atoms with Gasteiger partial charge in [-0.05, 0) is 82.3 Å². The highest BCUT2D eigenvalue weighted by Crippen LogP contribution is 2.40. The van der Waals surface area contributed by atoms with E-state index in [-0.39, 0.29) is 5.91 Å². The Morgan fingerprint density at radius 3 is 2.42 bits per heavy atom. The van der Waals surface area contributed by atoms with Crippen molar-refractivity contribution in [3.05, 3.63) is 59.7 Å². The summed E-state index contributed by atoms with van der Waals surface area (Å²) in [5.41, 5.74) is 2.79. The minimum atomic E-state index is -0.424. The average Bonchev–Trinajstić information content (AvgIpc) is 2.84. The van der Waals surface area contributed by atoms with E-state index in [0.717, 1.165) is 62.3 Å². The van der Waals surface area contributed by atoms with Gasteiger partial charge in [-0.2, -0.15) is 0 Å². The molecule has 4 nitrogen and oxygen atoms in total. The molecule has 2 aromatic rings. The summed E-state index contributed by atoms with van der Waals surface area (Å²) < 4.78 is 5.97. The molecule has 0 radical (unpaired) electrons. The van der Waals surface area contributed by atoms with Crippen molar-refractivity contribution in [3.8, 4) is 5.75 Å². The predicted molar refractivity (Wildman–Crippen MR) is 136 cm³/mol. The Morgan fingerprint density at radius 1 is 1.00 bits per heavy atom. The average molecular weight is 449 g/mol. The van der Waals surface area contributed by atoms with E-state index in [1.807, 2.05) is 24.3 Å². The van der Waals surface area contributed by atoms with E-state index >= 15 is 0 Å². The van der Waals surface area contributed by atoms with Crippen LogP contribution in [0.15, 0.2) is 48.5 Å². The van der Waals surface area contributed by atoms with Gasteiger partial charge in [-0.1, -0.05) is 55.5 Å². The molecule has 1 aliphatic carbocycles. The molecular weight excluding hydrogens is 408 g/mol. The number of rotatable bonds is 8. The van der Waals surface area contributed by atoms with Gasteiger partial charge in [-0.25, -0.2) is 0 Å². The quantitative estimate of drug-likeness (QED) is 0.470. The van der Waals surface area contributed by atoms with Crippen LogP contribution in [-0.2, 0) is 10.2 Å². The Kier molecular flexibility index (Phi) is 8.08. The molecule has 1 N–H and O–H groups in total. The second-order valence-electron chi connectivity index (χ2n) is 10.1. The Hall–Kier alpha value is -2.33. The minimum Gasteiger partial charge on any atom is -0.494 e. The maximum atomic E-state index is 13.5. The van der Waals surface area contributed by atoms with Gasteiger partial charge in [0.1, 0.15) is 5.75 Å². The van der Waals surface area contributed by atoms with Crippen LogP contribution in [0.25, 0.3) is 0 Å². The summed E-state index contributed by atoms with van der Waals surface area (Å²) in [5, 5.41) is 3.21. The third-order valence-corrected chi connectivity index (χ3v) is 7.66. The van der Waals surface area contributed by atoms with Crippen molar-refractivity contribution in [2.45, 2.75) is 83.1 Å². The molecule has 0 aromatic heterocycles. The van der Waals surface area contributed by atoms with Crippen molar-refractivity contribution >= 4 is 11.6 Å². The van der Waals surface area contributed by atoms with Gasteiger partial charge in [0, 0.05) is 18.3 Å². The van der Waals surface area contributed by atoms with Gasteiger partial charge in [0.25, 0.3) is 0 Å². The van der Waals surface area contributed by atoms with Crippen LogP contribution in [0.5, 0.6) is 5.75 Å². The second-order valence-corrected chi connectivity index (χ2v) is 10.1. The largest absolute Gasteiger partial charge is 0.494 e. The zero-order chi connectivity index (χ0) is 23.1. The molecule has 1 saturated carbocycles. The number of aryl methyl sites for hydroxylation is 1.